The maximum atomic E-state index is 12.8. The van der Waals surface area contributed by atoms with Crippen LogP contribution in [0, 0.1) is 11.3 Å². The molecule has 41 heavy (non-hydrogen) atoms. The van der Waals surface area contributed by atoms with Crippen LogP contribution in [-0.2, 0) is 17.9 Å². The molecule has 0 bridgehead atoms. The molecule has 0 spiro atoms. The number of nitriles is 1. The van der Waals surface area contributed by atoms with E-state index in [0.29, 0.717) is 41.6 Å². The summed E-state index contributed by atoms with van der Waals surface area (Å²) < 4.78 is 9.61. The zero-order valence-electron chi connectivity index (χ0n) is 22.2. The highest BCUT2D eigenvalue weighted by Gasteiger charge is 2.15. The van der Waals surface area contributed by atoms with Gasteiger partial charge in [0.1, 0.15) is 24.0 Å². The molecule has 2 heterocycles. The molecule has 2 aromatic heterocycles. The fraction of sp³-hybridized carbons (Fsp3) is 0.125. The summed E-state index contributed by atoms with van der Waals surface area (Å²) in [5.74, 6) is 0.276. The van der Waals surface area contributed by atoms with Crippen molar-refractivity contribution >= 4 is 23.6 Å². The van der Waals surface area contributed by atoms with Gasteiger partial charge in [-0.2, -0.15) is 10.4 Å². The van der Waals surface area contributed by atoms with E-state index in [2.05, 4.69) is 10.3 Å². The van der Waals surface area contributed by atoms with Gasteiger partial charge in [0, 0.05) is 47.8 Å². The lowest BCUT2D eigenvalue weighted by Crippen LogP contribution is -2.26. The third kappa shape index (κ3) is 7.29. The number of ether oxygens (including phenoxy) is 1. The predicted octanol–water partition coefficient (Wildman–Crippen LogP) is 6.08. The fourth-order valence-electron chi connectivity index (χ4n) is 4.17. The second-order valence-corrected chi connectivity index (χ2v) is 9.67. The second-order valence-electron chi connectivity index (χ2n) is 9.23. The minimum atomic E-state index is -0.428. The Hall–Kier alpha value is -5.13. The standard InChI is InChI=1S/C32H27ClN6O2/c33-28-11-7-24(8-12-28)22-41-30-13-9-25(10-14-30)31-27(21-39(37-31)29-5-2-1-3-6-29)19-26(20-34)32(40)36-15-4-17-38-18-16-35-23-38/h1-3,5-14,16,18-19,21,23H,4,15,17,22H2,(H,36,40). The maximum Gasteiger partial charge on any atom is 0.261 e. The number of aromatic nitrogens is 4. The van der Waals surface area contributed by atoms with Crippen LogP contribution in [0.1, 0.15) is 17.5 Å². The Morgan fingerprint density at radius 1 is 1.05 bits per heavy atom. The van der Waals surface area contributed by atoms with Crippen molar-refractivity contribution in [2.45, 2.75) is 19.6 Å². The van der Waals surface area contributed by atoms with Crippen molar-refractivity contribution in [3.05, 3.63) is 126 Å². The molecule has 0 aliphatic carbocycles. The molecule has 3 aromatic carbocycles. The van der Waals surface area contributed by atoms with Gasteiger partial charge in [-0.05, 0) is 66.6 Å². The minimum Gasteiger partial charge on any atom is -0.489 e. The number of hydrogen-bond donors (Lipinski definition) is 1. The Morgan fingerprint density at radius 3 is 2.54 bits per heavy atom. The van der Waals surface area contributed by atoms with Crippen LogP contribution < -0.4 is 10.1 Å². The number of aryl methyl sites for hydroxylation is 1. The number of amides is 1. The van der Waals surface area contributed by atoms with Crippen LogP contribution in [0.2, 0.25) is 5.02 Å². The second kappa shape index (κ2) is 13.3. The molecule has 0 saturated carbocycles. The number of carbonyl (C=O) groups excluding carboxylic acids is 1. The summed E-state index contributed by atoms with van der Waals surface area (Å²) in [6.07, 6.45) is 9.42. The summed E-state index contributed by atoms with van der Waals surface area (Å²) in [7, 11) is 0. The zero-order valence-corrected chi connectivity index (χ0v) is 22.9. The fourth-order valence-corrected chi connectivity index (χ4v) is 4.29. The van der Waals surface area contributed by atoms with E-state index in [9.17, 15) is 10.1 Å². The monoisotopic (exact) mass is 562 g/mol. The number of nitrogens with one attached hydrogen (secondary N) is 1. The predicted molar refractivity (Wildman–Crippen MR) is 158 cm³/mol. The van der Waals surface area contributed by atoms with Gasteiger partial charge in [-0.1, -0.05) is 41.9 Å². The average Bonchev–Trinajstić information content (AvgIpc) is 3.69. The lowest BCUT2D eigenvalue weighted by molar-refractivity contribution is -0.117. The van der Waals surface area contributed by atoms with Gasteiger partial charge < -0.3 is 14.6 Å². The Balaban J connectivity index is 1.35. The van der Waals surface area contributed by atoms with Crippen molar-refractivity contribution in [3.8, 4) is 28.8 Å². The number of imidazole rings is 1. The van der Waals surface area contributed by atoms with Crippen molar-refractivity contribution in [1.82, 2.24) is 24.6 Å². The topological polar surface area (TPSA) is 97.8 Å². The van der Waals surface area contributed by atoms with Gasteiger partial charge in [0.15, 0.2) is 0 Å². The summed E-state index contributed by atoms with van der Waals surface area (Å²) in [6.45, 7) is 1.57. The Morgan fingerprint density at radius 2 is 1.83 bits per heavy atom. The van der Waals surface area contributed by atoms with Gasteiger partial charge in [-0.25, -0.2) is 9.67 Å². The van der Waals surface area contributed by atoms with Gasteiger partial charge in [-0.15, -0.1) is 0 Å². The first-order chi connectivity index (χ1) is 20.1. The first kappa shape index (κ1) is 27.4. The van der Waals surface area contributed by atoms with E-state index < -0.39 is 5.91 Å². The number of hydrogen-bond acceptors (Lipinski definition) is 5. The molecule has 0 unspecified atom stereocenters. The lowest BCUT2D eigenvalue weighted by Gasteiger charge is -2.08. The van der Waals surface area contributed by atoms with Gasteiger partial charge in [0.05, 0.1) is 17.7 Å². The quantitative estimate of drug-likeness (QED) is 0.119. The highest BCUT2D eigenvalue weighted by molar-refractivity contribution is 6.30. The number of benzene rings is 3. The highest BCUT2D eigenvalue weighted by atomic mass is 35.5. The number of rotatable bonds is 11. The van der Waals surface area contributed by atoms with Gasteiger partial charge in [0.25, 0.3) is 5.91 Å². The van der Waals surface area contributed by atoms with Crippen LogP contribution in [0.5, 0.6) is 5.75 Å². The molecule has 0 saturated heterocycles. The highest BCUT2D eigenvalue weighted by Crippen LogP contribution is 2.28. The number of halogens is 1. The van der Waals surface area contributed by atoms with Crippen molar-refractivity contribution in [3.63, 3.8) is 0 Å². The smallest absolute Gasteiger partial charge is 0.261 e. The van der Waals surface area contributed by atoms with Crippen molar-refractivity contribution in [2.75, 3.05) is 6.54 Å². The molecule has 0 radical (unpaired) electrons. The van der Waals surface area contributed by atoms with E-state index in [0.717, 1.165) is 23.4 Å². The van der Waals surface area contributed by atoms with E-state index in [1.54, 1.807) is 23.3 Å². The van der Waals surface area contributed by atoms with E-state index in [1.807, 2.05) is 102 Å². The summed E-state index contributed by atoms with van der Waals surface area (Å²) in [5.41, 5.74) is 3.98. The molecule has 0 fully saturated rings. The summed E-state index contributed by atoms with van der Waals surface area (Å²) in [5, 5.41) is 18.1. The van der Waals surface area contributed by atoms with Crippen LogP contribution in [-0.4, -0.2) is 31.8 Å². The summed E-state index contributed by atoms with van der Waals surface area (Å²) in [4.78, 5) is 16.9. The first-order valence-corrected chi connectivity index (χ1v) is 13.5. The molecule has 0 aliphatic heterocycles. The van der Waals surface area contributed by atoms with Crippen LogP contribution in [0.15, 0.2) is 109 Å². The lowest BCUT2D eigenvalue weighted by atomic mass is 10.1. The van der Waals surface area contributed by atoms with Crippen LogP contribution in [0.25, 0.3) is 23.0 Å². The third-order valence-corrected chi connectivity index (χ3v) is 6.56. The Kier molecular flexibility index (Phi) is 8.89. The maximum absolute atomic E-state index is 12.8. The summed E-state index contributed by atoms with van der Waals surface area (Å²) >= 11 is 5.97. The first-order valence-electron chi connectivity index (χ1n) is 13.1. The Bertz CT molecular complexity index is 1650. The van der Waals surface area contributed by atoms with E-state index in [4.69, 9.17) is 21.4 Å². The Labute approximate surface area is 243 Å². The zero-order chi connectivity index (χ0) is 28.4. The van der Waals surface area contributed by atoms with Crippen molar-refractivity contribution in [1.29, 1.82) is 5.26 Å². The normalized spacial score (nSPS) is 11.2. The SMILES string of the molecule is N#CC(=Cc1cn(-c2ccccc2)nc1-c1ccc(OCc2ccc(Cl)cc2)cc1)C(=O)NCCCn1ccnc1. The number of carbonyl (C=O) groups is 1. The van der Waals surface area contributed by atoms with Gasteiger partial charge >= 0.3 is 0 Å². The largest absolute Gasteiger partial charge is 0.489 e. The molecule has 204 valence electrons. The van der Waals surface area contributed by atoms with Crippen LogP contribution >= 0.6 is 11.6 Å². The minimum absolute atomic E-state index is 0.00408. The van der Waals surface area contributed by atoms with Crippen molar-refractivity contribution < 1.29 is 9.53 Å². The average molecular weight is 563 g/mol. The van der Waals surface area contributed by atoms with Crippen molar-refractivity contribution in [2.24, 2.45) is 0 Å². The molecule has 8 nitrogen and oxygen atoms in total. The molecule has 5 aromatic rings. The van der Waals surface area contributed by atoms with Crippen LogP contribution in [0.4, 0.5) is 0 Å². The molecule has 9 heteroatoms. The molecular weight excluding hydrogens is 536 g/mol. The van der Waals surface area contributed by atoms with E-state index in [-0.39, 0.29) is 5.57 Å². The molecule has 0 aliphatic rings. The summed E-state index contributed by atoms with van der Waals surface area (Å²) in [6, 6.07) is 26.8. The molecular formula is C32H27ClN6O2. The number of para-hydroxylation sites is 1. The third-order valence-electron chi connectivity index (χ3n) is 6.31. The van der Waals surface area contributed by atoms with Gasteiger partial charge in [0.2, 0.25) is 0 Å². The van der Waals surface area contributed by atoms with Gasteiger partial charge in [-0.3, -0.25) is 4.79 Å². The van der Waals surface area contributed by atoms with Crippen LogP contribution in [0.3, 0.4) is 0 Å². The van der Waals surface area contributed by atoms with E-state index >= 15 is 0 Å². The molecule has 1 amide bonds. The van der Waals surface area contributed by atoms with E-state index in [1.165, 1.54) is 0 Å². The molecule has 0 atom stereocenters. The molecule has 5 rings (SSSR count). The number of nitrogens with zero attached hydrogens (tertiary/aromatic N) is 5. The molecule has 1 N–H and O–H groups in total.